The highest BCUT2D eigenvalue weighted by Crippen LogP contribution is 2.21. The van der Waals surface area contributed by atoms with Crippen LogP contribution in [-0.4, -0.2) is 27.7 Å². The second kappa shape index (κ2) is 7.22. The summed E-state index contributed by atoms with van der Waals surface area (Å²) < 4.78 is 0. The lowest BCUT2D eigenvalue weighted by atomic mass is 10.1. The average Bonchev–Trinajstić information content (AvgIpc) is 2.48. The quantitative estimate of drug-likeness (QED) is 0.804. The first-order valence-corrected chi connectivity index (χ1v) is 7.03. The number of aromatic nitrogens is 2. The van der Waals surface area contributed by atoms with Crippen LogP contribution in [-0.2, 0) is 12.8 Å². The maximum Gasteiger partial charge on any atom is 0.137 e. The maximum atomic E-state index is 9.54. The average molecular weight is 292 g/mol. The van der Waals surface area contributed by atoms with Crippen LogP contribution in [0.1, 0.15) is 18.1 Å². The topological polar surface area (TPSA) is 58.0 Å². The van der Waals surface area contributed by atoms with Gasteiger partial charge in [0.1, 0.15) is 17.3 Å². The van der Waals surface area contributed by atoms with E-state index in [2.05, 4.69) is 15.3 Å². The van der Waals surface area contributed by atoms with Crippen LogP contribution in [0.2, 0.25) is 5.15 Å². The van der Waals surface area contributed by atoms with Crippen molar-refractivity contribution < 1.29 is 5.11 Å². The first-order valence-electron chi connectivity index (χ1n) is 6.65. The van der Waals surface area contributed by atoms with E-state index in [1.165, 1.54) is 6.33 Å². The number of halogens is 1. The summed E-state index contributed by atoms with van der Waals surface area (Å²) in [6.45, 7) is 2.03. The largest absolute Gasteiger partial charge is 0.394 e. The highest BCUT2D eigenvalue weighted by Gasteiger charge is 2.13. The Kier molecular flexibility index (Phi) is 5.32. The van der Waals surface area contributed by atoms with Gasteiger partial charge in [-0.05, 0) is 18.4 Å². The molecule has 2 rings (SSSR count). The molecule has 2 N–H and O–H groups in total. The lowest BCUT2D eigenvalue weighted by Crippen LogP contribution is -2.27. The van der Waals surface area contributed by atoms with Gasteiger partial charge >= 0.3 is 0 Å². The Morgan fingerprint density at radius 2 is 2.00 bits per heavy atom. The van der Waals surface area contributed by atoms with E-state index in [1.807, 2.05) is 37.3 Å². The van der Waals surface area contributed by atoms with Gasteiger partial charge in [0.15, 0.2) is 0 Å². The molecule has 0 bridgehead atoms. The minimum absolute atomic E-state index is 0.0275. The summed E-state index contributed by atoms with van der Waals surface area (Å²) in [5.41, 5.74) is 2.04. The third kappa shape index (κ3) is 3.68. The van der Waals surface area contributed by atoms with E-state index in [4.69, 9.17) is 11.6 Å². The monoisotopic (exact) mass is 291 g/mol. The smallest absolute Gasteiger partial charge is 0.137 e. The molecule has 0 saturated carbocycles. The zero-order valence-electron chi connectivity index (χ0n) is 11.4. The van der Waals surface area contributed by atoms with E-state index in [-0.39, 0.29) is 12.6 Å². The number of nitrogens with one attached hydrogen (secondary N) is 1. The molecule has 4 nitrogen and oxygen atoms in total. The molecule has 1 heterocycles. The number of aliphatic hydroxyl groups is 1. The van der Waals surface area contributed by atoms with Crippen molar-refractivity contribution in [3.8, 4) is 0 Å². The predicted molar refractivity (Wildman–Crippen MR) is 81.1 cm³/mol. The Labute approximate surface area is 123 Å². The van der Waals surface area contributed by atoms with Crippen molar-refractivity contribution in [2.75, 3.05) is 11.9 Å². The van der Waals surface area contributed by atoms with Crippen LogP contribution in [0.4, 0.5) is 5.82 Å². The van der Waals surface area contributed by atoms with Gasteiger partial charge in [-0.2, -0.15) is 0 Å². The van der Waals surface area contributed by atoms with Crippen molar-refractivity contribution in [2.24, 2.45) is 0 Å². The standard InChI is InChI=1S/C15H18ClN3O/c1-2-13-14(16)17-10-18-15(13)19-12(9-20)8-11-6-4-3-5-7-11/h3-7,10,12,20H,2,8-9H2,1H3,(H,17,18,19). The van der Waals surface area contributed by atoms with Crippen LogP contribution in [0.15, 0.2) is 36.7 Å². The SMILES string of the molecule is CCc1c(Cl)ncnc1NC(CO)Cc1ccccc1. The van der Waals surface area contributed by atoms with Crippen molar-refractivity contribution in [3.05, 3.63) is 52.9 Å². The van der Waals surface area contributed by atoms with Gasteiger partial charge in [-0.3, -0.25) is 0 Å². The maximum absolute atomic E-state index is 9.54. The molecular formula is C15H18ClN3O. The predicted octanol–water partition coefficient (Wildman–Crippen LogP) is 2.71. The first kappa shape index (κ1) is 14.8. The molecule has 1 unspecified atom stereocenters. The molecule has 0 amide bonds. The first-order chi connectivity index (χ1) is 9.74. The molecule has 1 aromatic carbocycles. The molecule has 1 atom stereocenters. The fraction of sp³-hybridized carbons (Fsp3) is 0.333. The zero-order valence-corrected chi connectivity index (χ0v) is 12.1. The molecular weight excluding hydrogens is 274 g/mol. The van der Waals surface area contributed by atoms with Gasteiger partial charge in [0.2, 0.25) is 0 Å². The van der Waals surface area contributed by atoms with Gasteiger partial charge < -0.3 is 10.4 Å². The molecule has 5 heteroatoms. The molecule has 106 valence electrons. The Morgan fingerprint density at radius 1 is 1.25 bits per heavy atom. The number of hydrogen-bond acceptors (Lipinski definition) is 4. The molecule has 0 saturated heterocycles. The third-order valence-corrected chi connectivity index (χ3v) is 3.46. The number of aliphatic hydroxyl groups excluding tert-OH is 1. The number of rotatable bonds is 6. The van der Waals surface area contributed by atoms with Gasteiger partial charge in [-0.1, -0.05) is 48.9 Å². The number of anilines is 1. The molecule has 0 aliphatic rings. The van der Waals surface area contributed by atoms with Crippen LogP contribution >= 0.6 is 11.6 Å². The van der Waals surface area contributed by atoms with Gasteiger partial charge in [0, 0.05) is 5.56 Å². The summed E-state index contributed by atoms with van der Waals surface area (Å²) in [6.07, 6.45) is 2.90. The Balaban J connectivity index is 2.12. The van der Waals surface area contributed by atoms with E-state index in [9.17, 15) is 5.11 Å². The highest BCUT2D eigenvalue weighted by atomic mass is 35.5. The molecule has 0 fully saturated rings. The Hall–Kier alpha value is -1.65. The molecule has 1 aromatic heterocycles. The van der Waals surface area contributed by atoms with Gasteiger partial charge in [0.05, 0.1) is 12.6 Å². The normalized spacial score (nSPS) is 12.2. The lowest BCUT2D eigenvalue weighted by Gasteiger charge is -2.19. The summed E-state index contributed by atoms with van der Waals surface area (Å²) in [6, 6.07) is 9.93. The Morgan fingerprint density at radius 3 is 2.65 bits per heavy atom. The van der Waals surface area contributed by atoms with E-state index in [1.54, 1.807) is 0 Å². The van der Waals surface area contributed by atoms with Crippen molar-refractivity contribution >= 4 is 17.4 Å². The van der Waals surface area contributed by atoms with Gasteiger partial charge in [-0.25, -0.2) is 9.97 Å². The summed E-state index contributed by atoms with van der Waals surface area (Å²) in [7, 11) is 0. The fourth-order valence-electron chi connectivity index (χ4n) is 2.08. The van der Waals surface area contributed by atoms with Crippen molar-refractivity contribution in [1.29, 1.82) is 0 Å². The van der Waals surface area contributed by atoms with Gasteiger partial charge in [0.25, 0.3) is 0 Å². The Bertz CT molecular complexity index is 548. The van der Waals surface area contributed by atoms with Crippen LogP contribution in [0.3, 0.4) is 0 Å². The lowest BCUT2D eigenvalue weighted by molar-refractivity contribution is 0.273. The zero-order chi connectivity index (χ0) is 14.4. The third-order valence-electron chi connectivity index (χ3n) is 3.13. The summed E-state index contributed by atoms with van der Waals surface area (Å²) in [5, 5.41) is 13.3. The second-order valence-electron chi connectivity index (χ2n) is 4.56. The number of hydrogen-bond donors (Lipinski definition) is 2. The summed E-state index contributed by atoms with van der Waals surface area (Å²) in [4.78, 5) is 8.20. The fourth-order valence-corrected chi connectivity index (χ4v) is 2.35. The summed E-state index contributed by atoms with van der Waals surface area (Å²) >= 11 is 6.06. The highest BCUT2D eigenvalue weighted by molar-refractivity contribution is 6.30. The van der Waals surface area contributed by atoms with E-state index in [0.29, 0.717) is 11.0 Å². The molecule has 2 aromatic rings. The van der Waals surface area contributed by atoms with Gasteiger partial charge in [-0.15, -0.1) is 0 Å². The molecule has 0 spiro atoms. The van der Waals surface area contributed by atoms with Crippen molar-refractivity contribution in [3.63, 3.8) is 0 Å². The summed E-state index contributed by atoms with van der Waals surface area (Å²) in [5.74, 6) is 0.697. The number of benzene rings is 1. The molecule has 0 aliphatic carbocycles. The molecule has 20 heavy (non-hydrogen) atoms. The van der Waals surface area contributed by atoms with E-state index < -0.39 is 0 Å². The van der Waals surface area contributed by atoms with Crippen molar-refractivity contribution in [1.82, 2.24) is 9.97 Å². The van der Waals surface area contributed by atoms with Crippen molar-refractivity contribution in [2.45, 2.75) is 25.8 Å². The minimum atomic E-state index is -0.103. The van der Waals surface area contributed by atoms with E-state index >= 15 is 0 Å². The van der Waals surface area contributed by atoms with Crippen LogP contribution in [0.5, 0.6) is 0 Å². The minimum Gasteiger partial charge on any atom is -0.394 e. The van der Waals surface area contributed by atoms with E-state index in [0.717, 1.165) is 24.0 Å². The van der Waals surface area contributed by atoms with Crippen LogP contribution < -0.4 is 5.32 Å². The van der Waals surface area contributed by atoms with Crippen LogP contribution in [0, 0.1) is 0 Å². The number of nitrogens with zero attached hydrogens (tertiary/aromatic N) is 2. The molecule has 0 radical (unpaired) electrons. The second-order valence-corrected chi connectivity index (χ2v) is 4.92. The molecule has 0 aliphatic heterocycles. The van der Waals surface area contributed by atoms with Crippen LogP contribution in [0.25, 0.3) is 0 Å².